The van der Waals surface area contributed by atoms with Crippen LogP contribution in [0.1, 0.15) is 13.3 Å². The van der Waals surface area contributed by atoms with Gasteiger partial charge < -0.3 is 4.74 Å². The minimum atomic E-state index is -4.29. The van der Waals surface area contributed by atoms with E-state index < -0.39 is 29.9 Å². The Labute approximate surface area is 103 Å². The zero-order valence-corrected chi connectivity index (χ0v) is 9.98. The van der Waals surface area contributed by atoms with Crippen molar-refractivity contribution >= 4 is 5.97 Å². The molecule has 3 aliphatic carbocycles. The van der Waals surface area contributed by atoms with E-state index in [1.165, 1.54) is 0 Å². The Hall–Kier alpha value is -1.00. The van der Waals surface area contributed by atoms with Gasteiger partial charge in [0.1, 0.15) is 0 Å². The lowest BCUT2D eigenvalue weighted by Gasteiger charge is -2.51. The fourth-order valence-corrected chi connectivity index (χ4v) is 4.21. The largest absolute Gasteiger partial charge is 0.466 e. The predicted octanol–water partition coefficient (Wildman–Crippen LogP) is 2.80. The van der Waals surface area contributed by atoms with Crippen LogP contribution in [0.4, 0.5) is 13.2 Å². The van der Waals surface area contributed by atoms with E-state index in [-0.39, 0.29) is 24.4 Å². The molecule has 6 atom stereocenters. The van der Waals surface area contributed by atoms with Crippen molar-refractivity contribution in [2.45, 2.75) is 19.5 Å². The normalized spacial score (nSPS) is 44.7. The quantitative estimate of drug-likeness (QED) is 0.563. The van der Waals surface area contributed by atoms with Crippen molar-refractivity contribution < 1.29 is 22.7 Å². The van der Waals surface area contributed by atoms with E-state index in [0.717, 1.165) is 6.42 Å². The van der Waals surface area contributed by atoms with Gasteiger partial charge in [0.15, 0.2) is 0 Å². The molecule has 0 saturated heterocycles. The van der Waals surface area contributed by atoms with E-state index >= 15 is 0 Å². The monoisotopic (exact) mass is 260 g/mol. The van der Waals surface area contributed by atoms with Crippen molar-refractivity contribution in [3.05, 3.63) is 12.2 Å². The molecular formula is C13H15F3O2. The van der Waals surface area contributed by atoms with E-state index in [4.69, 9.17) is 4.74 Å². The van der Waals surface area contributed by atoms with Gasteiger partial charge in [-0.25, -0.2) is 0 Å². The number of ether oxygens (including phenoxy) is 1. The molecule has 0 radical (unpaired) electrons. The zero-order valence-electron chi connectivity index (χ0n) is 9.98. The summed E-state index contributed by atoms with van der Waals surface area (Å²) in [7, 11) is 0. The molecule has 0 amide bonds. The zero-order chi connectivity index (χ0) is 13.1. The summed E-state index contributed by atoms with van der Waals surface area (Å²) in [5.41, 5.74) is 0. The van der Waals surface area contributed by atoms with Gasteiger partial charge in [0, 0.05) is 0 Å². The van der Waals surface area contributed by atoms with Gasteiger partial charge in [-0.1, -0.05) is 12.2 Å². The van der Waals surface area contributed by atoms with Crippen LogP contribution in [-0.2, 0) is 9.53 Å². The first-order valence-corrected chi connectivity index (χ1v) is 6.36. The third kappa shape index (κ3) is 1.45. The van der Waals surface area contributed by atoms with E-state index in [1.54, 1.807) is 6.92 Å². The van der Waals surface area contributed by atoms with Crippen LogP contribution >= 0.6 is 0 Å². The highest BCUT2D eigenvalue weighted by Gasteiger charge is 2.71. The SMILES string of the molecule is CCOC(=O)C1C2C3C=CC(C3)C2C1C(F)(F)F. The molecule has 0 aliphatic heterocycles. The van der Waals surface area contributed by atoms with Gasteiger partial charge in [-0.2, -0.15) is 13.2 Å². The maximum absolute atomic E-state index is 13.1. The molecular weight excluding hydrogens is 245 g/mol. The van der Waals surface area contributed by atoms with Gasteiger partial charge in [-0.05, 0) is 37.0 Å². The molecule has 0 aromatic carbocycles. The number of alkyl halides is 3. The number of halogens is 3. The summed E-state index contributed by atoms with van der Waals surface area (Å²) in [5.74, 6) is -3.52. The summed E-state index contributed by atoms with van der Waals surface area (Å²) in [6.45, 7) is 1.76. The van der Waals surface area contributed by atoms with E-state index in [2.05, 4.69) is 0 Å². The Morgan fingerprint density at radius 3 is 2.44 bits per heavy atom. The Kier molecular flexibility index (Phi) is 2.51. The molecule has 5 heteroatoms. The molecule has 0 aromatic heterocycles. The van der Waals surface area contributed by atoms with Crippen molar-refractivity contribution in [2.24, 2.45) is 35.5 Å². The highest BCUT2D eigenvalue weighted by atomic mass is 19.4. The Balaban J connectivity index is 1.87. The third-order valence-corrected chi connectivity index (χ3v) is 4.74. The van der Waals surface area contributed by atoms with Crippen LogP contribution in [0.15, 0.2) is 12.2 Å². The van der Waals surface area contributed by atoms with Crippen LogP contribution in [-0.4, -0.2) is 18.8 Å². The molecule has 2 fully saturated rings. The second-order valence-electron chi connectivity index (χ2n) is 5.45. The van der Waals surface area contributed by atoms with Crippen molar-refractivity contribution in [1.29, 1.82) is 0 Å². The molecule has 18 heavy (non-hydrogen) atoms. The first kappa shape index (κ1) is 12.1. The lowest BCUT2D eigenvalue weighted by atomic mass is 9.53. The highest BCUT2D eigenvalue weighted by Crippen LogP contribution is 2.67. The Bertz CT molecular complexity index is 402. The minimum Gasteiger partial charge on any atom is -0.466 e. The third-order valence-electron chi connectivity index (χ3n) is 4.74. The second-order valence-corrected chi connectivity index (χ2v) is 5.45. The molecule has 2 bridgehead atoms. The topological polar surface area (TPSA) is 26.3 Å². The summed E-state index contributed by atoms with van der Waals surface area (Å²) in [6, 6.07) is 0. The molecule has 0 spiro atoms. The summed E-state index contributed by atoms with van der Waals surface area (Å²) >= 11 is 0. The summed E-state index contributed by atoms with van der Waals surface area (Å²) < 4.78 is 44.1. The number of allylic oxidation sites excluding steroid dienone is 2. The van der Waals surface area contributed by atoms with Crippen LogP contribution in [0.5, 0.6) is 0 Å². The first-order valence-electron chi connectivity index (χ1n) is 6.36. The van der Waals surface area contributed by atoms with Crippen LogP contribution < -0.4 is 0 Å². The van der Waals surface area contributed by atoms with Gasteiger partial charge in [-0.3, -0.25) is 4.79 Å². The standard InChI is InChI=1S/C13H15F3O2/c1-2-18-12(17)10-8-6-3-4-7(5-6)9(8)11(10)13(14,15)16/h3-4,6-11H,2,5H2,1H3. The van der Waals surface area contributed by atoms with Crippen molar-refractivity contribution in [2.75, 3.05) is 6.61 Å². The van der Waals surface area contributed by atoms with E-state index in [9.17, 15) is 18.0 Å². The molecule has 3 rings (SSSR count). The fourth-order valence-electron chi connectivity index (χ4n) is 4.21. The van der Waals surface area contributed by atoms with Gasteiger partial charge >= 0.3 is 12.1 Å². The number of hydrogen-bond acceptors (Lipinski definition) is 2. The van der Waals surface area contributed by atoms with Gasteiger partial charge in [-0.15, -0.1) is 0 Å². The minimum absolute atomic E-state index is 0.0114. The van der Waals surface area contributed by atoms with Crippen LogP contribution in [0.3, 0.4) is 0 Å². The first-order chi connectivity index (χ1) is 8.45. The molecule has 0 aromatic rings. The predicted molar refractivity (Wildman–Crippen MR) is 57.4 cm³/mol. The van der Waals surface area contributed by atoms with Crippen molar-refractivity contribution in [1.82, 2.24) is 0 Å². The van der Waals surface area contributed by atoms with E-state index in [0.29, 0.717) is 0 Å². The van der Waals surface area contributed by atoms with Crippen LogP contribution in [0.25, 0.3) is 0 Å². The van der Waals surface area contributed by atoms with Gasteiger partial charge in [0.2, 0.25) is 0 Å². The number of rotatable bonds is 2. The molecule has 2 saturated carbocycles. The maximum Gasteiger partial charge on any atom is 0.392 e. The molecule has 100 valence electrons. The number of carbonyl (C=O) groups is 1. The smallest absolute Gasteiger partial charge is 0.392 e. The maximum atomic E-state index is 13.1. The number of carbonyl (C=O) groups excluding carboxylic acids is 1. The molecule has 0 heterocycles. The second kappa shape index (κ2) is 3.75. The Morgan fingerprint density at radius 1 is 1.28 bits per heavy atom. The van der Waals surface area contributed by atoms with Crippen LogP contribution in [0.2, 0.25) is 0 Å². The summed E-state index contributed by atoms with van der Waals surface area (Å²) in [4.78, 5) is 11.8. The van der Waals surface area contributed by atoms with Crippen LogP contribution in [0, 0.1) is 35.5 Å². The van der Waals surface area contributed by atoms with Gasteiger partial charge in [0.05, 0.1) is 18.4 Å². The molecule has 6 unspecified atom stereocenters. The number of hydrogen-bond donors (Lipinski definition) is 0. The molecule has 0 N–H and O–H groups in total. The van der Waals surface area contributed by atoms with Crippen molar-refractivity contribution in [3.63, 3.8) is 0 Å². The average molecular weight is 260 g/mol. The van der Waals surface area contributed by atoms with E-state index in [1.807, 2.05) is 12.2 Å². The van der Waals surface area contributed by atoms with Crippen molar-refractivity contribution in [3.8, 4) is 0 Å². The number of esters is 1. The molecule has 2 nitrogen and oxygen atoms in total. The van der Waals surface area contributed by atoms with Gasteiger partial charge in [0.25, 0.3) is 0 Å². The Morgan fingerprint density at radius 2 is 1.89 bits per heavy atom. The average Bonchev–Trinajstić information content (AvgIpc) is 2.72. The summed E-state index contributed by atoms with van der Waals surface area (Å²) in [6.07, 6.45) is 0.353. The highest BCUT2D eigenvalue weighted by molar-refractivity contribution is 5.75. The molecule has 3 aliphatic rings. The lowest BCUT2D eigenvalue weighted by molar-refractivity contribution is -0.259. The summed E-state index contributed by atoms with van der Waals surface area (Å²) in [5, 5.41) is 0. The lowest BCUT2D eigenvalue weighted by Crippen LogP contribution is -2.58. The fraction of sp³-hybridized carbons (Fsp3) is 0.769. The number of fused-ring (bicyclic) bond motifs is 5.